The van der Waals surface area contributed by atoms with Gasteiger partial charge in [-0.05, 0) is 44.9 Å². The standard InChI is InChI=1S/C50H93O13P/c1-3-5-7-9-11-13-15-17-19-20-21-22-23-25-27-29-31-33-35-37-39-44(52)62-42(41-61-64(58,59)63-50-48(56)46(54)45(53)47(55)49(50)57)40-60-43(51)38-36-34-32-30-28-26-24-18-16-14-12-10-8-6-4-2/h12,14,18,24,42,45-50,53-57H,3-11,13,15-17,19-23,25-41H2,1-2H3,(H,58,59)/b14-12+,24-18+/t42-,45?,46-,47?,48?,49?,50?/m1/s1. The lowest BCUT2D eigenvalue weighted by Gasteiger charge is -2.41. The monoisotopic (exact) mass is 933 g/mol. The van der Waals surface area contributed by atoms with Crippen molar-refractivity contribution in [2.24, 2.45) is 0 Å². The zero-order valence-electron chi connectivity index (χ0n) is 40.1. The molecule has 8 atom stereocenters. The van der Waals surface area contributed by atoms with Crippen molar-refractivity contribution in [1.29, 1.82) is 0 Å². The number of aliphatic hydroxyl groups is 5. The summed E-state index contributed by atoms with van der Waals surface area (Å²) in [4.78, 5) is 35.8. The van der Waals surface area contributed by atoms with Crippen molar-refractivity contribution >= 4 is 19.8 Å². The molecule has 1 fully saturated rings. The van der Waals surface area contributed by atoms with E-state index in [1.54, 1.807) is 0 Å². The Morgan fingerprint density at radius 3 is 1.30 bits per heavy atom. The molecule has 0 aromatic carbocycles. The summed E-state index contributed by atoms with van der Waals surface area (Å²) in [6.45, 7) is 3.29. The summed E-state index contributed by atoms with van der Waals surface area (Å²) < 4.78 is 33.6. The second kappa shape index (κ2) is 40.4. The van der Waals surface area contributed by atoms with Crippen molar-refractivity contribution in [3.8, 4) is 0 Å². The average molecular weight is 933 g/mol. The number of esters is 2. The van der Waals surface area contributed by atoms with Crippen LogP contribution in [0.1, 0.15) is 226 Å². The Balaban J connectivity index is 2.39. The quantitative estimate of drug-likeness (QED) is 0.0146. The van der Waals surface area contributed by atoms with Gasteiger partial charge in [-0.1, -0.05) is 192 Å². The first-order valence-corrected chi connectivity index (χ1v) is 27.1. The fourth-order valence-corrected chi connectivity index (χ4v) is 8.88. The fourth-order valence-electron chi connectivity index (χ4n) is 7.91. The van der Waals surface area contributed by atoms with E-state index < -0.39 is 75.7 Å². The summed E-state index contributed by atoms with van der Waals surface area (Å²) in [5.74, 6) is -1.10. The molecule has 0 heterocycles. The maximum atomic E-state index is 12.8. The van der Waals surface area contributed by atoms with Crippen LogP contribution in [0.4, 0.5) is 0 Å². The number of rotatable bonds is 43. The van der Waals surface area contributed by atoms with Crippen LogP contribution in [0.25, 0.3) is 0 Å². The summed E-state index contributed by atoms with van der Waals surface area (Å²) in [6.07, 6.45) is 32.3. The van der Waals surface area contributed by atoms with Crippen LogP contribution in [0.15, 0.2) is 24.3 Å². The summed E-state index contributed by atoms with van der Waals surface area (Å²) in [6, 6.07) is 0. The molecule has 0 aromatic heterocycles. The van der Waals surface area contributed by atoms with Gasteiger partial charge in [-0.2, -0.15) is 0 Å². The molecule has 6 unspecified atom stereocenters. The first-order chi connectivity index (χ1) is 30.9. The molecule has 1 rings (SSSR count). The molecular formula is C50H93O13P. The Kier molecular flexibility index (Phi) is 38.1. The highest BCUT2D eigenvalue weighted by molar-refractivity contribution is 7.47. The van der Waals surface area contributed by atoms with Gasteiger partial charge in [0.2, 0.25) is 0 Å². The lowest BCUT2D eigenvalue weighted by Crippen LogP contribution is -2.64. The molecule has 13 nitrogen and oxygen atoms in total. The molecule has 64 heavy (non-hydrogen) atoms. The molecule has 0 aliphatic heterocycles. The number of phosphoric ester groups is 1. The molecule has 0 radical (unpaired) electrons. The van der Waals surface area contributed by atoms with Crippen LogP contribution in [0.5, 0.6) is 0 Å². The van der Waals surface area contributed by atoms with Gasteiger partial charge in [-0.15, -0.1) is 0 Å². The number of ether oxygens (including phenoxy) is 2. The van der Waals surface area contributed by atoms with Crippen LogP contribution < -0.4 is 0 Å². The predicted octanol–water partition coefficient (Wildman–Crippen LogP) is 10.8. The van der Waals surface area contributed by atoms with Gasteiger partial charge in [0.1, 0.15) is 43.2 Å². The van der Waals surface area contributed by atoms with Crippen LogP contribution in [0.3, 0.4) is 0 Å². The van der Waals surface area contributed by atoms with Crippen LogP contribution in [0.2, 0.25) is 0 Å². The normalized spacial score (nSPS) is 21.7. The van der Waals surface area contributed by atoms with E-state index in [1.165, 1.54) is 122 Å². The SMILES string of the molecule is CCCCC/C=C/C/C=C/CCCCCCCC(=O)OC[C@H](COP(=O)(O)OC1C(O)C(O)C(O)[C@@H](O)C1O)OC(=O)CCCCCCCCCCCCCCCCCCCCCC. The van der Waals surface area contributed by atoms with Crippen LogP contribution >= 0.6 is 7.82 Å². The van der Waals surface area contributed by atoms with Crippen molar-refractivity contribution < 1.29 is 63.1 Å². The van der Waals surface area contributed by atoms with Crippen LogP contribution in [-0.4, -0.2) is 98.3 Å². The molecule has 0 amide bonds. The summed E-state index contributed by atoms with van der Waals surface area (Å²) >= 11 is 0. The number of hydrogen-bond acceptors (Lipinski definition) is 12. The third-order valence-corrected chi connectivity index (χ3v) is 13.0. The number of carbonyl (C=O) groups excluding carboxylic acids is 2. The van der Waals surface area contributed by atoms with Gasteiger partial charge < -0.3 is 39.9 Å². The minimum Gasteiger partial charge on any atom is -0.462 e. The topological polar surface area (TPSA) is 210 Å². The van der Waals surface area contributed by atoms with Crippen LogP contribution in [-0.2, 0) is 32.7 Å². The summed E-state index contributed by atoms with van der Waals surface area (Å²) in [5, 5.41) is 50.2. The number of hydrogen-bond donors (Lipinski definition) is 6. The number of aliphatic hydroxyl groups excluding tert-OH is 5. The van der Waals surface area contributed by atoms with E-state index in [9.17, 15) is 44.6 Å². The van der Waals surface area contributed by atoms with Crippen molar-refractivity contribution in [3.05, 3.63) is 24.3 Å². The molecule has 376 valence electrons. The van der Waals surface area contributed by atoms with Crippen molar-refractivity contribution in [2.45, 2.75) is 268 Å². The number of phosphoric acid groups is 1. The second-order valence-electron chi connectivity index (χ2n) is 18.0. The molecule has 1 saturated carbocycles. The third-order valence-electron chi connectivity index (χ3n) is 12.0. The number of unbranched alkanes of at least 4 members (excludes halogenated alkanes) is 27. The molecule has 6 N–H and O–H groups in total. The highest BCUT2D eigenvalue weighted by Gasteiger charge is 2.51. The van der Waals surface area contributed by atoms with Crippen molar-refractivity contribution in [3.63, 3.8) is 0 Å². The van der Waals surface area contributed by atoms with Gasteiger partial charge in [0.05, 0.1) is 6.61 Å². The molecule has 0 spiro atoms. The summed E-state index contributed by atoms with van der Waals surface area (Å²) in [7, 11) is -5.12. The van der Waals surface area contributed by atoms with Crippen LogP contribution in [0, 0.1) is 0 Å². The van der Waals surface area contributed by atoms with Crippen molar-refractivity contribution in [1.82, 2.24) is 0 Å². The van der Waals surface area contributed by atoms with Gasteiger partial charge >= 0.3 is 19.8 Å². The molecule has 1 aliphatic rings. The maximum Gasteiger partial charge on any atom is 0.472 e. The van der Waals surface area contributed by atoms with E-state index in [1.807, 2.05) is 0 Å². The summed E-state index contributed by atoms with van der Waals surface area (Å²) in [5.41, 5.74) is 0. The first kappa shape index (κ1) is 60.3. The third kappa shape index (κ3) is 32.1. The van der Waals surface area contributed by atoms with Gasteiger partial charge in [0, 0.05) is 12.8 Å². The van der Waals surface area contributed by atoms with Gasteiger partial charge in [0.15, 0.2) is 6.10 Å². The smallest absolute Gasteiger partial charge is 0.462 e. The van der Waals surface area contributed by atoms with E-state index in [4.69, 9.17) is 18.5 Å². The molecule has 0 bridgehead atoms. The lowest BCUT2D eigenvalue weighted by atomic mass is 9.85. The lowest BCUT2D eigenvalue weighted by molar-refractivity contribution is -0.220. The van der Waals surface area contributed by atoms with E-state index in [0.717, 1.165) is 64.2 Å². The van der Waals surface area contributed by atoms with E-state index >= 15 is 0 Å². The zero-order chi connectivity index (χ0) is 47.1. The largest absolute Gasteiger partial charge is 0.472 e. The Morgan fingerprint density at radius 1 is 0.484 bits per heavy atom. The van der Waals surface area contributed by atoms with E-state index in [2.05, 4.69) is 38.2 Å². The highest BCUT2D eigenvalue weighted by Crippen LogP contribution is 2.47. The second-order valence-corrected chi connectivity index (χ2v) is 19.4. The zero-order valence-corrected chi connectivity index (χ0v) is 41.0. The number of allylic oxidation sites excluding steroid dienone is 4. The Labute approximate surface area is 387 Å². The molecule has 1 aliphatic carbocycles. The van der Waals surface area contributed by atoms with E-state index in [0.29, 0.717) is 12.8 Å². The van der Waals surface area contributed by atoms with Gasteiger partial charge in [-0.25, -0.2) is 4.57 Å². The minimum absolute atomic E-state index is 0.0984. The maximum absolute atomic E-state index is 12.8. The average Bonchev–Trinajstić information content (AvgIpc) is 3.28. The predicted molar refractivity (Wildman–Crippen MR) is 254 cm³/mol. The highest BCUT2D eigenvalue weighted by atomic mass is 31.2. The van der Waals surface area contributed by atoms with Crippen molar-refractivity contribution in [2.75, 3.05) is 13.2 Å². The minimum atomic E-state index is -5.12. The fraction of sp³-hybridized carbons (Fsp3) is 0.880. The Bertz CT molecular complexity index is 1220. The van der Waals surface area contributed by atoms with Gasteiger partial charge in [0.25, 0.3) is 0 Å². The molecule has 0 saturated heterocycles. The molecular weight excluding hydrogens is 840 g/mol. The number of carbonyl (C=O) groups is 2. The van der Waals surface area contributed by atoms with Gasteiger partial charge in [-0.3, -0.25) is 18.6 Å². The first-order valence-electron chi connectivity index (χ1n) is 25.6. The molecule has 14 heteroatoms. The Hall–Kier alpha value is -1.67. The molecule has 0 aromatic rings. The Morgan fingerprint density at radius 2 is 0.844 bits per heavy atom. The van der Waals surface area contributed by atoms with E-state index in [-0.39, 0.29) is 12.8 Å².